The quantitative estimate of drug-likeness (QED) is 0.457. The van der Waals surface area contributed by atoms with Crippen LogP contribution in [0.4, 0.5) is 0 Å². The van der Waals surface area contributed by atoms with Gasteiger partial charge in [-0.15, -0.1) is 0 Å². The van der Waals surface area contributed by atoms with Gasteiger partial charge in [0.05, 0.1) is 6.10 Å². The maximum Gasteiger partial charge on any atom is 0.350 e. The molecule has 1 rings (SSSR count). The molecule has 4 heteroatoms. The number of ether oxygens (including phenoxy) is 2. The molecule has 0 aliphatic carbocycles. The molecule has 0 fully saturated rings. The van der Waals surface area contributed by atoms with Crippen LogP contribution in [0.1, 0.15) is 44.4 Å². The van der Waals surface area contributed by atoms with Crippen molar-refractivity contribution in [3.8, 4) is 5.75 Å². The largest absolute Gasteiger partial charge is 0.476 e. The van der Waals surface area contributed by atoms with E-state index in [9.17, 15) is 9.59 Å². The molecule has 1 aromatic carbocycles. The van der Waals surface area contributed by atoms with Crippen molar-refractivity contribution in [2.24, 2.45) is 0 Å². The van der Waals surface area contributed by atoms with Crippen LogP contribution in [0.15, 0.2) is 18.2 Å². The minimum absolute atomic E-state index is 0.187. The molecule has 0 radical (unpaired) electrons. The van der Waals surface area contributed by atoms with Gasteiger partial charge in [0.1, 0.15) is 12.0 Å². The number of aldehydes is 1. The van der Waals surface area contributed by atoms with Crippen molar-refractivity contribution in [2.75, 3.05) is 0 Å². The van der Waals surface area contributed by atoms with Gasteiger partial charge in [-0.25, -0.2) is 4.79 Å². The van der Waals surface area contributed by atoms with Gasteiger partial charge < -0.3 is 9.47 Å². The fourth-order valence-electron chi connectivity index (χ4n) is 2.04. The second-order valence-corrected chi connectivity index (χ2v) is 6.05. The third kappa shape index (κ3) is 4.72. The van der Waals surface area contributed by atoms with E-state index in [4.69, 9.17) is 9.47 Å². The number of carbonyl (C=O) groups excluding carboxylic acids is 2. The van der Waals surface area contributed by atoms with Crippen LogP contribution in [0.2, 0.25) is 0 Å². The average Bonchev–Trinajstić information content (AvgIpc) is 2.39. The smallest absolute Gasteiger partial charge is 0.350 e. The lowest BCUT2D eigenvalue weighted by Gasteiger charge is -2.27. The Labute approximate surface area is 132 Å². The Morgan fingerprint density at radius 2 is 1.73 bits per heavy atom. The van der Waals surface area contributed by atoms with Crippen LogP contribution in [0.3, 0.4) is 0 Å². The second-order valence-electron chi connectivity index (χ2n) is 6.05. The number of aryl methyl sites for hydroxylation is 2. The van der Waals surface area contributed by atoms with Gasteiger partial charge in [-0.2, -0.15) is 0 Å². The monoisotopic (exact) mass is 304 g/mol. The molecule has 0 aromatic heterocycles. The zero-order chi connectivity index (χ0) is 16.9. The highest BCUT2D eigenvalue weighted by molar-refractivity contribution is 5.79. The first kappa shape index (κ1) is 18.0. The van der Waals surface area contributed by atoms with E-state index in [-0.39, 0.29) is 6.10 Å². The zero-order valence-corrected chi connectivity index (χ0v) is 14.1. The van der Waals surface area contributed by atoms with Crippen molar-refractivity contribution in [2.45, 2.75) is 53.2 Å². The highest BCUT2D eigenvalue weighted by Crippen LogP contribution is 2.29. The molecule has 0 saturated heterocycles. The van der Waals surface area contributed by atoms with E-state index in [1.807, 2.05) is 26.0 Å². The summed E-state index contributed by atoms with van der Waals surface area (Å²) in [6, 6.07) is 3.82. The fraction of sp³-hybridized carbons (Fsp3) is 0.444. The fourth-order valence-corrected chi connectivity index (χ4v) is 2.04. The van der Waals surface area contributed by atoms with E-state index < -0.39 is 11.6 Å². The molecule has 0 amide bonds. The molecule has 120 valence electrons. The predicted octanol–water partition coefficient (Wildman–Crippen LogP) is 3.62. The normalized spacial score (nSPS) is 11.8. The van der Waals surface area contributed by atoms with Crippen LogP contribution in [0.25, 0.3) is 6.08 Å². The summed E-state index contributed by atoms with van der Waals surface area (Å²) in [5.74, 6) is 0.264. The minimum Gasteiger partial charge on any atom is -0.476 e. The van der Waals surface area contributed by atoms with Crippen molar-refractivity contribution >= 4 is 18.3 Å². The number of rotatable bonds is 6. The minimum atomic E-state index is -1.07. The van der Waals surface area contributed by atoms with Crippen molar-refractivity contribution in [1.82, 2.24) is 0 Å². The molecule has 4 nitrogen and oxygen atoms in total. The highest BCUT2D eigenvalue weighted by atomic mass is 16.6. The molecule has 0 unspecified atom stereocenters. The Balaban J connectivity index is 3.05. The van der Waals surface area contributed by atoms with Crippen LogP contribution in [0, 0.1) is 13.8 Å². The Morgan fingerprint density at radius 3 is 2.18 bits per heavy atom. The molecule has 0 spiro atoms. The van der Waals surface area contributed by atoms with Crippen molar-refractivity contribution in [3.63, 3.8) is 0 Å². The number of benzene rings is 1. The summed E-state index contributed by atoms with van der Waals surface area (Å²) >= 11 is 0. The van der Waals surface area contributed by atoms with Gasteiger partial charge in [-0.3, -0.25) is 4.79 Å². The molecule has 0 aliphatic rings. The first-order valence-electron chi connectivity index (χ1n) is 7.30. The van der Waals surface area contributed by atoms with E-state index in [1.54, 1.807) is 33.8 Å². The van der Waals surface area contributed by atoms with Gasteiger partial charge in [-0.05, 0) is 76.4 Å². The summed E-state index contributed by atoms with van der Waals surface area (Å²) in [4.78, 5) is 22.5. The third-order valence-corrected chi connectivity index (χ3v) is 3.04. The summed E-state index contributed by atoms with van der Waals surface area (Å²) in [5.41, 5.74) is 1.64. The molecule has 1 aromatic rings. The van der Waals surface area contributed by atoms with E-state index >= 15 is 0 Å². The average molecular weight is 304 g/mol. The molecular weight excluding hydrogens is 280 g/mol. The van der Waals surface area contributed by atoms with Gasteiger partial charge in [-0.1, -0.05) is 6.08 Å². The molecule has 22 heavy (non-hydrogen) atoms. The lowest BCUT2D eigenvalue weighted by atomic mass is 10.0. The molecule has 0 atom stereocenters. The lowest BCUT2D eigenvalue weighted by Crippen LogP contribution is -2.41. The van der Waals surface area contributed by atoms with Crippen molar-refractivity contribution in [3.05, 3.63) is 34.9 Å². The standard InChI is InChI=1S/C18H24O4/c1-12(2)21-17(20)18(5,6)22-16-13(3)10-15(8-7-9-19)11-14(16)4/h7-12H,1-6H3/b8-7+. The first-order valence-corrected chi connectivity index (χ1v) is 7.30. The van der Waals surface area contributed by atoms with Crippen molar-refractivity contribution in [1.29, 1.82) is 0 Å². The molecule has 0 saturated carbocycles. The summed E-state index contributed by atoms with van der Waals surface area (Å²) in [6.45, 7) is 10.8. The maximum absolute atomic E-state index is 12.1. The number of allylic oxidation sites excluding steroid dienone is 1. The van der Waals surface area contributed by atoms with Crippen LogP contribution < -0.4 is 4.74 Å². The Bertz CT molecular complexity index is 560. The van der Waals surface area contributed by atoms with E-state index in [0.29, 0.717) is 5.75 Å². The number of carbonyl (C=O) groups is 2. The summed E-state index contributed by atoms with van der Waals surface area (Å²) in [7, 11) is 0. The molecule has 0 heterocycles. The number of hydrogen-bond acceptors (Lipinski definition) is 4. The predicted molar refractivity (Wildman–Crippen MR) is 86.9 cm³/mol. The molecular formula is C18H24O4. The Morgan fingerprint density at radius 1 is 1.18 bits per heavy atom. The van der Waals surface area contributed by atoms with Gasteiger partial charge >= 0.3 is 5.97 Å². The Hall–Kier alpha value is -2.10. The number of esters is 1. The number of hydrogen-bond donors (Lipinski definition) is 0. The van der Waals surface area contributed by atoms with Gasteiger partial charge in [0.2, 0.25) is 0 Å². The summed E-state index contributed by atoms with van der Waals surface area (Å²) < 4.78 is 11.1. The summed E-state index contributed by atoms with van der Waals surface area (Å²) in [5, 5.41) is 0. The first-order chi connectivity index (χ1) is 10.2. The third-order valence-electron chi connectivity index (χ3n) is 3.04. The van der Waals surface area contributed by atoms with Crippen LogP contribution in [-0.4, -0.2) is 24.0 Å². The maximum atomic E-state index is 12.1. The van der Waals surface area contributed by atoms with Crippen LogP contribution >= 0.6 is 0 Å². The molecule has 0 bridgehead atoms. The van der Waals surface area contributed by atoms with Gasteiger partial charge in [0, 0.05) is 0 Å². The summed E-state index contributed by atoms with van der Waals surface area (Å²) in [6.07, 6.45) is 3.72. The van der Waals surface area contributed by atoms with Crippen LogP contribution in [0.5, 0.6) is 5.75 Å². The van der Waals surface area contributed by atoms with Crippen LogP contribution in [-0.2, 0) is 14.3 Å². The Kier molecular flexibility index (Phi) is 5.92. The van der Waals surface area contributed by atoms with Gasteiger partial charge in [0.25, 0.3) is 0 Å². The lowest BCUT2D eigenvalue weighted by molar-refractivity contribution is -0.163. The van der Waals surface area contributed by atoms with Crippen molar-refractivity contribution < 1.29 is 19.1 Å². The van der Waals surface area contributed by atoms with Gasteiger partial charge in [0.15, 0.2) is 5.60 Å². The van der Waals surface area contributed by atoms with E-state index in [2.05, 4.69) is 0 Å². The zero-order valence-electron chi connectivity index (χ0n) is 14.1. The molecule has 0 aliphatic heterocycles. The second kappa shape index (κ2) is 7.25. The SMILES string of the molecule is Cc1cc(/C=C/C=O)cc(C)c1OC(C)(C)C(=O)OC(C)C. The molecule has 0 N–H and O–H groups in total. The highest BCUT2D eigenvalue weighted by Gasteiger charge is 2.33. The topological polar surface area (TPSA) is 52.6 Å². The van der Waals surface area contributed by atoms with E-state index in [0.717, 1.165) is 23.0 Å². The van der Waals surface area contributed by atoms with E-state index in [1.165, 1.54) is 6.08 Å².